The standard InChI is InChI=1S/C23H28N4O2S/c1-3-12-24-21-8-4-19-14-22(9-5-18(19)13-21)26-30(28,29)23-10-6-17(7-11-23)20-15-25-27(2)16-20/h5-7,9-11,14-16,21,24,26H,3-4,8,12-13H2,1-2H3/t21-/m0/s1. The molecule has 0 unspecified atom stereocenters. The third kappa shape index (κ3) is 4.57. The van der Waals surface area contributed by atoms with Crippen molar-refractivity contribution < 1.29 is 8.42 Å². The van der Waals surface area contributed by atoms with Crippen LogP contribution in [-0.2, 0) is 29.9 Å². The van der Waals surface area contributed by atoms with E-state index in [0.29, 0.717) is 11.7 Å². The molecule has 0 fully saturated rings. The number of rotatable bonds is 7. The molecule has 3 aromatic rings. The van der Waals surface area contributed by atoms with Crippen molar-refractivity contribution in [3.8, 4) is 11.1 Å². The molecule has 1 aliphatic rings. The molecule has 2 N–H and O–H groups in total. The molecule has 4 rings (SSSR count). The summed E-state index contributed by atoms with van der Waals surface area (Å²) in [7, 11) is -1.79. The Morgan fingerprint density at radius 3 is 2.60 bits per heavy atom. The normalized spacial score (nSPS) is 16.3. The molecule has 0 bridgehead atoms. The molecule has 0 spiro atoms. The molecule has 1 aliphatic carbocycles. The fourth-order valence-electron chi connectivity index (χ4n) is 3.95. The Balaban J connectivity index is 1.47. The van der Waals surface area contributed by atoms with E-state index in [1.54, 1.807) is 23.0 Å². The van der Waals surface area contributed by atoms with Gasteiger partial charge in [-0.3, -0.25) is 9.40 Å². The minimum Gasteiger partial charge on any atom is -0.314 e. The minimum atomic E-state index is -3.64. The second kappa shape index (κ2) is 8.62. The smallest absolute Gasteiger partial charge is 0.261 e. The number of hydrogen-bond acceptors (Lipinski definition) is 4. The van der Waals surface area contributed by atoms with Gasteiger partial charge in [0.1, 0.15) is 0 Å². The van der Waals surface area contributed by atoms with Crippen LogP contribution in [0, 0.1) is 0 Å². The van der Waals surface area contributed by atoms with E-state index in [9.17, 15) is 8.42 Å². The quantitative estimate of drug-likeness (QED) is 0.606. The third-order valence-corrected chi connectivity index (χ3v) is 6.97. The summed E-state index contributed by atoms with van der Waals surface area (Å²) in [6, 6.07) is 13.3. The molecule has 2 aromatic carbocycles. The topological polar surface area (TPSA) is 76.0 Å². The number of benzene rings is 2. The van der Waals surface area contributed by atoms with E-state index >= 15 is 0 Å². The van der Waals surface area contributed by atoms with Gasteiger partial charge >= 0.3 is 0 Å². The van der Waals surface area contributed by atoms with Crippen LogP contribution in [0.1, 0.15) is 30.9 Å². The SMILES string of the molecule is CCCN[C@H]1CCc2cc(NS(=O)(=O)c3ccc(-c4cnn(C)c4)cc3)ccc2C1. The number of nitrogens with one attached hydrogen (secondary N) is 2. The Labute approximate surface area is 178 Å². The lowest BCUT2D eigenvalue weighted by atomic mass is 9.88. The molecule has 0 saturated heterocycles. The van der Waals surface area contributed by atoms with E-state index in [2.05, 4.69) is 28.1 Å². The third-order valence-electron chi connectivity index (χ3n) is 5.57. The van der Waals surface area contributed by atoms with Crippen molar-refractivity contribution in [3.63, 3.8) is 0 Å². The Morgan fingerprint density at radius 1 is 1.10 bits per heavy atom. The van der Waals surface area contributed by atoms with Crippen LogP contribution in [0.15, 0.2) is 59.8 Å². The number of fused-ring (bicyclic) bond motifs is 1. The van der Waals surface area contributed by atoms with E-state index < -0.39 is 10.0 Å². The molecular formula is C23H28N4O2S. The van der Waals surface area contributed by atoms with Gasteiger partial charge in [-0.05, 0) is 73.2 Å². The van der Waals surface area contributed by atoms with E-state index in [1.165, 1.54) is 11.1 Å². The van der Waals surface area contributed by atoms with E-state index in [1.807, 2.05) is 37.5 Å². The van der Waals surface area contributed by atoms with Crippen LogP contribution in [0.5, 0.6) is 0 Å². The van der Waals surface area contributed by atoms with Gasteiger partial charge in [0.2, 0.25) is 0 Å². The summed E-state index contributed by atoms with van der Waals surface area (Å²) in [5, 5.41) is 7.74. The van der Waals surface area contributed by atoms with E-state index in [0.717, 1.165) is 43.4 Å². The van der Waals surface area contributed by atoms with Gasteiger partial charge in [-0.25, -0.2) is 8.42 Å². The predicted molar refractivity (Wildman–Crippen MR) is 120 cm³/mol. The maximum atomic E-state index is 12.9. The first-order chi connectivity index (χ1) is 14.4. The maximum absolute atomic E-state index is 12.9. The summed E-state index contributed by atoms with van der Waals surface area (Å²) in [5.74, 6) is 0. The van der Waals surface area contributed by atoms with Crippen LogP contribution in [0.4, 0.5) is 5.69 Å². The summed E-state index contributed by atoms with van der Waals surface area (Å²) in [6.07, 6.45) is 7.84. The first-order valence-electron chi connectivity index (χ1n) is 10.4. The highest BCUT2D eigenvalue weighted by molar-refractivity contribution is 7.92. The number of aromatic nitrogens is 2. The first kappa shape index (κ1) is 20.6. The highest BCUT2D eigenvalue weighted by Crippen LogP contribution is 2.27. The molecule has 30 heavy (non-hydrogen) atoms. The van der Waals surface area contributed by atoms with Gasteiger partial charge in [-0.2, -0.15) is 5.10 Å². The first-order valence-corrected chi connectivity index (χ1v) is 11.9. The fourth-order valence-corrected chi connectivity index (χ4v) is 5.00. The van der Waals surface area contributed by atoms with Gasteiger partial charge in [-0.15, -0.1) is 0 Å². The average Bonchev–Trinajstić information content (AvgIpc) is 3.18. The van der Waals surface area contributed by atoms with Crippen molar-refractivity contribution in [3.05, 3.63) is 66.0 Å². The molecule has 0 amide bonds. The molecule has 1 aromatic heterocycles. The molecule has 6 nitrogen and oxygen atoms in total. The van der Waals surface area contributed by atoms with Crippen molar-refractivity contribution in [1.29, 1.82) is 0 Å². The fraction of sp³-hybridized carbons (Fsp3) is 0.348. The zero-order chi connectivity index (χ0) is 21.1. The van der Waals surface area contributed by atoms with Crippen LogP contribution in [0.25, 0.3) is 11.1 Å². The summed E-state index contributed by atoms with van der Waals surface area (Å²) < 4.78 is 30.2. The van der Waals surface area contributed by atoms with Crippen LogP contribution in [0.3, 0.4) is 0 Å². The summed E-state index contributed by atoms with van der Waals surface area (Å²) >= 11 is 0. The lowest BCUT2D eigenvalue weighted by Gasteiger charge is -2.26. The molecule has 0 aliphatic heterocycles. The number of hydrogen-bond donors (Lipinski definition) is 2. The van der Waals surface area contributed by atoms with Gasteiger partial charge < -0.3 is 5.32 Å². The number of sulfonamides is 1. The van der Waals surface area contributed by atoms with Crippen molar-refractivity contribution >= 4 is 15.7 Å². The summed E-state index contributed by atoms with van der Waals surface area (Å²) in [6.45, 7) is 3.21. The van der Waals surface area contributed by atoms with Crippen LogP contribution < -0.4 is 10.0 Å². The summed E-state index contributed by atoms with van der Waals surface area (Å²) in [4.78, 5) is 0.247. The monoisotopic (exact) mass is 424 g/mol. The number of anilines is 1. The van der Waals surface area contributed by atoms with Gasteiger partial charge in [0.15, 0.2) is 0 Å². The lowest BCUT2D eigenvalue weighted by molar-refractivity contribution is 0.459. The zero-order valence-electron chi connectivity index (χ0n) is 17.4. The molecule has 1 atom stereocenters. The minimum absolute atomic E-state index is 0.247. The van der Waals surface area contributed by atoms with Crippen LogP contribution in [-0.4, -0.2) is 30.8 Å². The predicted octanol–water partition coefficient (Wildman–Crippen LogP) is 3.74. The molecular weight excluding hydrogens is 396 g/mol. The molecule has 0 radical (unpaired) electrons. The lowest BCUT2D eigenvalue weighted by Crippen LogP contribution is -2.35. The Bertz CT molecular complexity index is 1120. The Hall–Kier alpha value is -2.64. The Morgan fingerprint density at radius 2 is 1.90 bits per heavy atom. The number of nitrogens with zero attached hydrogens (tertiary/aromatic N) is 2. The van der Waals surface area contributed by atoms with Gasteiger partial charge in [0, 0.05) is 30.5 Å². The summed E-state index contributed by atoms with van der Waals surface area (Å²) in [5.41, 5.74) is 5.04. The highest BCUT2D eigenvalue weighted by atomic mass is 32.2. The Kier molecular flexibility index (Phi) is 5.92. The largest absolute Gasteiger partial charge is 0.314 e. The van der Waals surface area contributed by atoms with E-state index in [-0.39, 0.29) is 4.90 Å². The van der Waals surface area contributed by atoms with Crippen molar-refractivity contribution in [2.45, 2.75) is 43.5 Å². The molecule has 1 heterocycles. The zero-order valence-corrected chi connectivity index (χ0v) is 18.2. The van der Waals surface area contributed by atoms with Crippen molar-refractivity contribution in [2.24, 2.45) is 7.05 Å². The molecule has 0 saturated carbocycles. The second-order valence-corrected chi connectivity index (χ2v) is 9.59. The van der Waals surface area contributed by atoms with E-state index in [4.69, 9.17) is 0 Å². The van der Waals surface area contributed by atoms with Crippen LogP contribution >= 0.6 is 0 Å². The highest BCUT2D eigenvalue weighted by Gasteiger charge is 2.20. The van der Waals surface area contributed by atoms with Gasteiger partial charge in [0.25, 0.3) is 10.0 Å². The second-order valence-electron chi connectivity index (χ2n) is 7.91. The molecule has 7 heteroatoms. The van der Waals surface area contributed by atoms with Crippen molar-refractivity contribution in [1.82, 2.24) is 15.1 Å². The van der Waals surface area contributed by atoms with Gasteiger partial charge in [-0.1, -0.05) is 25.1 Å². The number of aryl methyl sites for hydroxylation is 2. The molecule has 158 valence electrons. The maximum Gasteiger partial charge on any atom is 0.261 e. The van der Waals surface area contributed by atoms with Crippen molar-refractivity contribution in [2.75, 3.05) is 11.3 Å². The van der Waals surface area contributed by atoms with Crippen LogP contribution in [0.2, 0.25) is 0 Å². The average molecular weight is 425 g/mol. The van der Waals surface area contributed by atoms with Gasteiger partial charge in [0.05, 0.1) is 11.1 Å².